The number of halogens is 1. The van der Waals surface area contributed by atoms with E-state index in [9.17, 15) is 9.18 Å². The number of nitrogens with one attached hydrogen (secondary N) is 1. The van der Waals surface area contributed by atoms with Crippen LogP contribution in [0.3, 0.4) is 0 Å². The van der Waals surface area contributed by atoms with Crippen LogP contribution in [0.1, 0.15) is 11.6 Å². The summed E-state index contributed by atoms with van der Waals surface area (Å²) in [5, 5.41) is 3.08. The van der Waals surface area contributed by atoms with Gasteiger partial charge in [0, 0.05) is 58.2 Å². The van der Waals surface area contributed by atoms with Crippen LogP contribution in [0.25, 0.3) is 0 Å². The zero-order valence-electron chi connectivity index (χ0n) is 16.9. The van der Waals surface area contributed by atoms with Crippen LogP contribution >= 0.6 is 0 Å². The molecule has 30 heavy (non-hydrogen) atoms. The second-order valence-electron chi connectivity index (χ2n) is 7.42. The molecule has 2 saturated heterocycles. The molecule has 1 aromatic heterocycles. The number of amides is 2. The van der Waals surface area contributed by atoms with E-state index in [1.807, 2.05) is 4.90 Å². The quantitative estimate of drug-likeness (QED) is 0.800. The van der Waals surface area contributed by atoms with Crippen LogP contribution in [-0.4, -0.2) is 84.8 Å². The summed E-state index contributed by atoms with van der Waals surface area (Å²) in [5.74, 6) is 0.435. The molecule has 2 aromatic rings. The van der Waals surface area contributed by atoms with Crippen LogP contribution < -0.4 is 10.2 Å². The van der Waals surface area contributed by atoms with Gasteiger partial charge in [0.05, 0.1) is 19.3 Å². The first kappa shape index (κ1) is 20.5. The standard InChI is InChI=1S/C21H27FN6O2/c22-18-4-2-17(3-5-18)19(26-12-14-30-15-13-26)16-25-21(29)28-10-8-27(9-11-28)20-23-6-1-7-24-20/h1-7,19H,8-16H2,(H,25,29)/t19-/m1/s1. The van der Waals surface area contributed by atoms with E-state index >= 15 is 0 Å². The fraction of sp³-hybridized carbons (Fsp3) is 0.476. The summed E-state index contributed by atoms with van der Waals surface area (Å²) in [4.78, 5) is 27.5. The number of anilines is 1. The van der Waals surface area contributed by atoms with Crippen molar-refractivity contribution in [3.63, 3.8) is 0 Å². The summed E-state index contributed by atoms with van der Waals surface area (Å²) in [6.45, 7) is 5.98. The van der Waals surface area contributed by atoms with Gasteiger partial charge in [-0.3, -0.25) is 4.90 Å². The molecule has 0 aliphatic carbocycles. The van der Waals surface area contributed by atoms with Crippen molar-refractivity contribution in [2.75, 3.05) is 63.9 Å². The Labute approximate surface area is 175 Å². The van der Waals surface area contributed by atoms with E-state index in [4.69, 9.17) is 4.74 Å². The number of hydrogen-bond acceptors (Lipinski definition) is 6. The van der Waals surface area contributed by atoms with Gasteiger partial charge < -0.3 is 19.9 Å². The van der Waals surface area contributed by atoms with Gasteiger partial charge in [0.1, 0.15) is 5.82 Å². The van der Waals surface area contributed by atoms with Crippen LogP contribution in [0.15, 0.2) is 42.7 Å². The Morgan fingerprint density at radius 2 is 1.70 bits per heavy atom. The molecular weight excluding hydrogens is 387 g/mol. The summed E-state index contributed by atoms with van der Waals surface area (Å²) in [7, 11) is 0. The van der Waals surface area contributed by atoms with Crippen molar-refractivity contribution in [3.8, 4) is 0 Å². The summed E-state index contributed by atoms with van der Waals surface area (Å²) in [6, 6.07) is 8.21. The second-order valence-corrected chi connectivity index (χ2v) is 7.42. The van der Waals surface area contributed by atoms with Crippen LogP contribution in [0.5, 0.6) is 0 Å². The van der Waals surface area contributed by atoms with Crippen molar-refractivity contribution in [1.82, 2.24) is 25.1 Å². The first-order chi connectivity index (χ1) is 14.7. The Morgan fingerprint density at radius 3 is 2.37 bits per heavy atom. The van der Waals surface area contributed by atoms with Gasteiger partial charge in [-0.25, -0.2) is 19.2 Å². The van der Waals surface area contributed by atoms with E-state index in [1.165, 1.54) is 12.1 Å². The Morgan fingerprint density at radius 1 is 1.03 bits per heavy atom. The number of piperazine rings is 1. The number of morpholine rings is 1. The molecule has 160 valence electrons. The first-order valence-corrected chi connectivity index (χ1v) is 10.3. The molecule has 0 bridgehead atoms. The first-order valence-electron chi connectivity index (χ1n) is 10.3. The number of nitrogens with zero attached hydrogens (tertiary/aromatic N) is 5. The number of carbonyl (C=O) groups is 1. The number of urea groups is 1. The molecule has 0 radical (unpaired) electrons. The number of benzene rings is 1. The maximum atomic E-state index is 13.4. The Balaban J connectivity index is 1.34. The monoisotopic (exact) mass is 414 g/mol. The van der Waals surface area contributed by atoms with Gasteiger partial charge in [-0.2, -0.15) is 0 Å². The molecule has 1 N–H and O–H groups in total. The lowest BCUT2D eigenvalue weighted by molar-refractivity contribution is 0.0164. The number of hydrogen-bond donors (Lipinski definition) is 1. The molecule has 0 spiro atoms. The zero-order valence-corrected chi connectivity index (χ0v) is 16.9. The minimum atomic E-state index is -0.260. The number of ether oxygens (including phenoxy) is 1. The number of rotatable bonds is 5. The van der Waals surface area contributed by atoms with Crippen LogP contribution in [0, 0.1) is 5.82 Å². The lowest BCUT2D eigenvalue weighted by atomic mass is 10.0. The van der Waals surface area contributed by atoms with Crippen molar-refractivity contribution in [3.05, 3.63) is 54.1 Å². The summed E-state index contributed by atoms with van der Waals surface area (Å²) in [6.07, 6.45) is 3.45. The maximum absolute atomic E-state index is 13.4. The van der Waals surface area contributed by atoms with Crippen molar-refractivity contribution in [2.24, 2.45) is 0 Å². The van der Waals surface area contributed by atoms with Gasteiger partial charge in [-0.15, -0.1) is 0 Å². The lowest BCUT2D eigenvalue weighted by Gasteiger charge is -2.37. The molecule has 0 unspecified atom stereocenters. The largest absolute Gasteiger partial charge is 0.379 e. The van der Waals surface area contributed by atoms with E-state index in [1.54, 1.807) is 30.6 Å². The summed E-state index contributed by atoms with van der Waals surface area (Å²) < 4.78 is 18.8. The van der Waals surface area contributed by atoms with Gasteiger partial charge in [0.15, 0.2) is 0 Å². The molecule has 0 saturated carbocycles. The second kappa shape index (κ2) is 9.82. The van der Waals surface area contributed by atoms with Crippen LogP contribution in [0.2, 0.25) is 0 Å². The van der Waals surface area contributed by atoms with Crippen LogP contribution in [-0.2, 0) is 4.74 Å². The predicted octanol–water partition coefficient (Wildman–Crippen LogP) is 1.52. The van der Waals surface area contributed by atoms with Crippen molar-refractivity contribution < 1.29 is 13.9 Å². The van der Waals surface area contributed by atoms with E-state index in [2.05, 4.69) is 25.1 Å². The smallest absolute Gasteiger partial charge is 0.317 e. The number of aromatic nitrogens is 2. The Bertz CT molecular complexity index is 808. The predicted molar refractivity (Wildman–Crippen MR) is 111 cm³/mol. The molecular formula is C21H27FN6O2. The van der Waals surface area contributed by atoms with Gasteiger partial charge in [0.25, 0.3) is 0 Å². The minimum absolute atomic E-state index is 0.0162. The lowest BCUT2D eigenvalue weighted by Crippen LogP contribution is -2.53. The van der Waals surface area contributed by atoms with Crippen molar-refractivity contribution in [2.45, 2.75) is 6.04 Å². The topological polar surface area (TPSA) is 73.8 Å². The molecule has 2 fully saturated rings. The molecule has 1 aromatic carbocycles. The summed E-state index contributed by atoms with van der Waals surface area (Å²) >= 11 is 0. The molecule has 2 aliphatic rings. The highest BCUT2D eigenvalue weighted by atomic mass is 19.1. The molecule has 4 rings (SSSR count). The van der Waals surface area contributed by atoms with Gasteiger partial charge >= 0.3 is 6.03 Å². The molecule has 3 heterocycles. The molecule has 2 aliphatic heterocycles. The third-order valence-electron chi connectivity index (χ3n) is 5.59. The fourth-order valence-electron chi connectivity index (χ4n) is 3.89. The van der Waals surface area contributed by atoms with Crippen LogP contribution in [0.4, 0.5) is 15.1 Å². The molecule has 8 nitrogen and oxygen atoms in total. The third-order valence-corrected chi connectivity index (χ3v) is 5.59. The maximum Gasteiger partial charge on any atom is 0.317 e. The van der Waals surface area contributed by atoms with E-state index in [-0.39, 0.29) is 17.9 Å². The Kier molecular flexibility index (Phi) is 6.70. The normalized spacial score (nSPS) is 18.8. The van der Waals surface area contributed by atoms with Crippen molar-refractivity contribution >= 4 is 12.0 Å². The molecule has 2 amide bonds. The van der Waals surface area contributed by atoms with Gasteiger partial charge in [-0.1, -0.05) is 12.1 Å². The highest BCUT2D eigenvalue weighted by Crippen LogP contribution is 2.22. The third kappa shape index (κ3) is 5.03. The average Bonchev–Trinajstić information content (AvgIpc) is 2.81. The minimum Gasteiger partial charge on any atom is -0.379 e. The van der Waals surface area contributed by atoms with Gasteiger partial charge in [0.2, 0.25) is 5.95 Å². The number of carbonyl (C=O) groups excluding carboxylic acids is 1. The highest BCUT2D eigenvalue weighted by molar-refractivity contribution is 5.74. The van der Waals surface area contributed by atoms with E-state index < -0.39 is 0 Å². The van der Waals surface area contributed by atoms with E-state index in [0.717, 1.165) is 18.7 Å². The zero-order chi connectivity index (χ0) is 20.8. The fourth-order valence-corrected chi connectivity index (χ4v) is 3.89. The average molecular weight is 414 g/mol. The summed E-state index contributed by atoms with van der Waals surface area (Å²) in [5.41, 5.74) is 0.990. The van der Waals surface area contributed by atoms with Crippen molar-refractivity contribution in [1.29, 1.82) is 0 Å². The highest BCUT2D eigenvalue weighted by Gasteiger charge is 2.26. The molecule has 1 atom stereocenters. The molecule has 9 heteroatoms. The van der Waals surface area contributed by atoms with Gasteiger partial charge in [-0.05, 0) is 23.8 Å². The van der Waals surface area contributed by atoms with E-state index in [0.29, 0.717) is 51.9 Å². The Hall–Kier alpha value is -2.78. The SMILES string of the molecule is O=C(NC[C@H](c1ccc(F)cc1)N1CCOCC1)N1CCN(c2ncccn2)CC1.